The summed E-state index contributed by atoms with van der Waals surface area (Å²) in [6.07, 6.45) is -4.51. The molecule has 1 aromatic heterocycles. The van der Waals surface area contributed by atoms with E-state index in [-0.39, 0.29) is 5.39 Å². The maximum absolute atomic E-state index is 13.0. The molecule has 0 aliphatic heterocycles. The molecule has 17 heavy (non-hydrogen) atoms. The number of halogens is 4. The summed E-state index contributed by atoms with van der Waals surface area (Å²) in [6.45, 7) is 5.67. The van der Waals surface area contributed by atoms with Crippen molar-refractivity contribution in [2.24, 2.45) is 0 Å². The van der Waals surface area contributed by atoms with E-state index in [2.05, 4.69) is 0 Å². The highest BCUT2D eigenvalue weighted by atomic mass is 32.1. The van der Waals surface area contributed by atoms with Crippen molar-refractivity contribution >= 4 is 22.1 Å². The molecule has 2 rings (SSSR count). The van der Waals surface area contributed by atoms with Crippen molar-refractivity contribution < 1.29 is 17.6 Å². The van der Waals surface area contributed by atoms with Crippen LogP contribution in [0.1, 0.15) is 24.3 Å². The van der Waals surface area contributed by atoms with Crippen molar-refractivity contribution in [1.82, 2.24) is 0 Å². The van der Waals surface area contributed by atoms with E-state index in [0.29, 0.717) is 16.3 Å². The van der Waals surface area contributed by atoms with Crippen LogP contribution in [0.4, 0.5) is 17.6 Å². The van der Waals surface area contributed by atoms with Gasteiger partial charge in [0.1, 0.15) is 5.82 Å². The first-order valence-electron chi connectivity index (χ1n) is 5.14. The Morgan fingerprint density at radius 1 is 1.06 bits per heavy atom. The lowest BCUT2D eigenvalue weighted by molar-refractivity contribution is -0.136. The van der Waals surface area contributed by atoms with Crippen LogP contribution < -0.4 is 0 Å². The van der Waals surface area contributed by atoms with Gasteiger partial charge in [-0.3, -0.25) is 0 Å². The molecular weight excluding hydrogens is 252 g/mol. The van der Waals surface area contributed by atoms with Gasteiger partial charge in [0.05, 0.1) is 5.56 Å². The largest absolute Gasteiger partial charge is 0.417 e. The molecular formula is C12H12F4S. The molecule has 2 aromatic rings. The van der Waals surface area contributed by atoms with Gasteiger partial charge in [-0.2, -0.15) is 13.2 Å². The average Bonchev–Trinajstić information content (AvgIpc) is 2.61. The van der Waals surface area contributed by atoms with Crippen molar-refractivity contribution in [1.29, 1.82) is 0 Å². The van der Waals surface area contributed by atoms with Gasteiger partial charge in [0, 0.05) is 10.3 Å². The highest BCUT2D eigenvalue weighted by Crippen LogP contribution is 2.38. The van der Waals surface area contributed by atoms with Crippen molar-refractivity contribution in [2.45, 2.75) is 26.9 Å². The Bertz CT molecular complexity index is 511. The van der Waals surface area contributed by atoms with E-state index in [1.165, 1.54) is 16.7 Å². The maximum atomic E-state index is 13.0. The Labute approximate surface area is 101 Å². The van der Waals surface area contributed by atoms with Crippen molar-refractivity contribution in [3.63, 3.8) is 0 Å². The monoisotopic (exact) mass is 264 g/mol. The zero-order chi connectivity index (χ0) is 13.2. The van der Waals surface area contributed by atoms with E-state index < -0.39 is 17.6 Å². The second-order valence-corrected chi connectivity index (χ2v) is 4.29. The minimum Gasteiger partial charge on any atom is -0.207 e. The van der Waals surface area contributed by atoms with Gasteiger partial charge in [0.15, 0.2) is 0 Å². The third-order valence-electron chi connectivity index (χ3n) is 2.18. The zero-order valence-corrected chi connectivity index (χ0v) is 10.5. The van der Waals surface area contributed by atoms with Crippen LogP contribution >= 0.6 is 11.3 Å². The van der Waals surface area contributed by atoms with Gasteiger partial charge in [-0.05, 0) is 29.8 Å². The van der Waals surface area contributed by atoms with Crippen LogP contribution in [-0.4, -0.2) is 0 Å². The predicted octanol–water partition coefficient (Wildman–Crippen LogP) is 5.39. The third kappa shape index (κ3) is 2.77. The van der Waals surface area contributed by atoms with Gasteiger partial charge in [0.25, 0.3) is 0 Å². The van der Waals surface area contributed by atoms with Crippen molar-refractivity contribution in [3.8, 4) is 0 Å². The van der Waals surface area contributed by atoms with E-state index in [9.17, 15) is 17.6 Å². The van der Waals surface area contributed by atoms with Gasteiger partial charge in [0.2, 0.25) is 0 Å². The lowest BCUT2D eigenvalue weighted by atomic mass is 10.1. The van der Waals surface area contributed by atoms with Crippen molar-refractivity contribution in [3.05, 3.63) is 33.8 Å². The maximum Gasteiger partial charge on any atom is 0.417 e. The molecule has 0 saturated heterocycles. The van der Waals surface area contributed by atoms with E-state index in [1.54, 1.807) is 6.92 Å². The molecule has 0 saturated carbocycles. The fourth-order valence-electron chi connectivity index (χ4n) is 1.48. The first-order chi connectivity index (χ1) is 7.89. The molecule has 0 atom stereocenters. The molecule has 0 aliphatic rings. The molecule has 0 amide bonds. The van der Waals surface area contributed by atoms with Crippen LogP contribution in [0.15, 0.2) is 17.5 Å². The number of thiophene rings is 1. The number of aryl methyl sites for hydroxylation is 1. The minimum atomic E-state index is -4.51. The zero-order valence-electron chi connectivity index (χ0n) is 9.65. The molecule has 0 unspecified atom stereocenters. The molecule has 1 aromatic carbocycles. The molecule has 1 heterocycles. The summed E-state index contributed by atoms with van der Waals surface area (Å²) in [6, 6.07) is 1.67. The number of fused-ring (bicyclic) bond motifs is 1. The first kappa shape index (κ1) is 14.0. The summed E-state index contributed by atoms with van der Waals surface area (Å²) in [4.78, 5) is 0.690. The van der Waals surface area contributed by atoms with Gasteiger partial charge in [-0.1, -0.05) is 13.8 Å². The third-order valence-corrected chi connectivity index (χ3v) is 3.11. The summed E-state index contributed by atoms with van der Waals surface area (Å²) >= 11 is 1.19. The van der Waals surface area contributed by atoms with Crippen LogP contribution in [0.5, 0.6) is 0 Å². The lowest BCUT2D eigenvalue weighted by Crippen LogP contribution is -2.05. The normalized spacial score (nSPS) is 11.2. The number of hydrogen-bond acceptors (Lipinski definition) is 1. The smallest absolute Gasteiger partial charge is 0.207 e. The highest BCUT2D eigenvalue weighted by molar-refractivity contribution is 7.11. The number of benzene rings is 1. The van der Waals surface area contributed by atoms with E-state index in [1.807, 2.05) is 13.8 Å². The van der Waals surface area contributed by atoms with Gasteiger partial charge in [-0.15, -0.1) is 11.3 Å². The summed E-state index contributed by atoms with van der Waals surface area (Å²) in [5.74, 6) is -0.851. The van der Waals surface area contributed by atoms with Gasteiger partial charge in [-0.25, -0.2) is 4.39 Å². The quantitative estimate of drug-likeness (QED) is 0.559. The molecule has 94 valence electrons. The first-order valence-corrected chi connectivity index (χ1v) is 6.02. The molecule has 0 radical (unpaired) electrons. The van der Waals surface area contributed by atoms with Crippen molar-refractivity contribution in [2.75, 3.05) is 0 Å². The Morgan fingerprint density at radius 2 is 1.65 bits per heavy atom. The average molecular weight is 264 g/mol. The Morgan fingerprint density at radius 3 is 2.18 bits per heavy atom. The van der Waals surface area contributed by atoms with E-state index >= 15 is 0 Å². The standard InChI is InChI=1S/C10H6F4S.C2H6/c1-5-7-2-6(11)3-9(10(12,13)14)8(7)4-15-5;1-2/h2-4H,1H3;1-2H3. The molecule has 0 bridgehead atoms. The molecule has 0 N–H and O–H groups in total. The van der Waals surface area contributed by atoms with Crippen LogP contribution in [-0.2, 0) is 6.18 Å². The summed E-state index contributed by atoms with van der Waals surface area (Å²) in [5, 5.41) is 1.83. The fraction of sp³-hybridized carbons (Fsp3) is 0.333. The molecule has 0 aliphatic carbocycles. The SMILES string of the molecule is CC.Cc1scc2c(C(F)(F)F)cc(F)cc12. The second-order valence-electron chi connectivity index (χ2n) is 3.20. The van der Waals surface area contributed by atoms with Crippen LogP contribution in [0.25, 0.3) is 10.8 Å². The van der Waals surface area contributed by atoms with Crippen LogP contribution in [0.2, 0.25) is 0 Å². The summed E-state index contributed by atoms with van der Waals surface area (Å²) < 4.78 is 50.6. The number of rotatable bonds is 0. The van der Waals surface area contributed by atoms with Crippen LogP contribution in [0, 0.1) is 12.7 Å². The van der Waals surface area contributed by atoms with Gasteiger partial charge >= 0.3 is 6.18 Å². The Kier molecular flexibility index (Phi) is 4.14. The number of hydrogen-bond donors (Lipinski definition) is 0. The Hall–Kier alpha value is -1.10. The predicted molar refractivity (Wildman–Crippen MR) is 62.9 cm³/mol. The molecule has 0 nitrogen and oxygen atoms in total. The summed E-state index contributed by atoms with van der Waals surface area (Å²) in [7, 11) is 0. The van der Waals surface area contributed by atoms with Gasteiger partial charge < -0.3 is 0 Å². The number of alkyl halides is 3. The molecule has 0 spiro atoms. The minimum absolute atomic E-state index is 0.0754. The van der Waals surface area contributed by atoms with E-state index in [0.717, 1.165) is 6.07 Å². The lowest BCUT2D eigenvalue weighted by Gasteiger charge is -2.08. The summed E-state index contributed by atoms with van der Waals surface area (Å²) in [5.41, 5.74) is -0.901. The molecule has 0 fully saturated rings. The Balaban J connectivity index is 0.000000686. The molecule has 5 heteroatoms. The topological polar surface area (TPSA) is 0 Å². The fourth-order valence-corrected chi connectivity index (χ4v) is 2.33. The van der Waals surface area contributed by atoms with Crippen LogP contribution in [0.3, 0.4) is 0 Å². The van der Waals surface area contributed by atoms with E-state index in [4.69, 9.17) is 0 Å². The highest BCUT2D eigenvalue weighted by Gasteiger charge is 2.33. The second kappa shape index (κ2) is 5.04.